The second kappa shape index (κ2) is 17.8. The first-order valence-electron chi connectivity index (χ1n) is 23.8. The van der Waals surface area contributed by atoms with Crippen molar-refractivity contribution in [3.63, 3.8) is 0 Å². The first kappa shape index (κ1) is 46.0. The number of alkyl carbamates (subject to hydrolysis) is 2. The normalized spacial score (nSPS) is 22.2. The lowest BCUT2D eigenvalue weighted by atomic mass is 9.75. The Bertz CT molecular complexity index is 2710. The number of nitrogens with zero attached hydrogens (tertiary/aromatic N) is 4. The number of benzene rings is 3. The number of amides is 4. The number of ether oxygens (including phenoxy) is 4. The zero-order valence-electron chi connectivity index (χ0n) is 40.1. The molecule has 4 aliphatic heterocycles. The number of hydrogen-bond donors (Lipinski definition) is 4. The molecule has 0 aliphatic carbocycles. The summed E-state index contributed by atoms with van der Waals surface area (Å²) in [6.45, 7) is 16.8. The largest absolute Gasteiger partial charge is 0.488 e. The summed E-state index contributed by atoms with van der Waals surface area (Å²) in [6, 6.07) is 12.5. The summed E-state index contributed by atoms with van der Waals surface area (Å²) in [6.07, 6.45) is 4.94. The third-order valence-electron chi connectivity index (χ3n) is 14.4. The maximum absolute atomic E-state index is 14.8. The SMILES string of the molecule is COC(=O)N[C@H](C(=O)N1[C@@H](C)CC[C@H]1c1ncc(-c2ccc3c(c2)COc2cc4c(ccc5[nH]c([C@@H]6CC[C@H](C)N6C(=O)[C@@H](NC(=O)OC(C)(C)C)C6(C)CCOCC6)nc54)cc2-3)[nH]1)C(C)C. The van der Waals surface area contributed by atoms with Gasteiger partial charge in [0.15, 0.2) is 0 Å². The van der Waals surface area contributed by atoms with Gasteiger partial charge in [0.05, 0.1) is 42.1 Å². The monoisotopic (exact) mass is 916 g/mol. The Labute approximate surface area is 391 Å². The van der Waals surface area contributed by atoms with Crippen molar-refractivity contribution >= 4 is 45.8 Å². The topological polar surface area (TPSA) is 193 Å². The van der Waals surface area contributed by atoms with Crippen LogP contribution in [0.1, 0.15) is 123 Å². The zero-order chi connectivity index (χ0) is 47.5. The molecule has 5 aromatic rings. The molecule has 0 spiro atoms. The number of fused-ring (bicyclic) bond motifs is 6. The summed E-state index contributed by atoms with van der Waals surface area (Å²) < 4.78 is 22.7. The number of aromatic amines is 2. The number of aromatic nitrogens is 4. The Balaban J connectivity index is 0.966. The molecular weight excluding hydrogens is 853 g/mol. The number of carbonyl (C=O) groups excluding carboxylic acids is 4. The minimum atomic E-state index is -0.801. The molecule has 16 nitrogen and oxygen atoms in total. The van der Waals surface area contributed by atoms with Gasteiger partial charge >= 0.3 is 12.2 Å². The number of carbonyl (C=O) groups is 4. The molecule has 6 heterocycles. The van der Waals surface area contributed by atoms with Crippen molar-refractivity contribution in [2.45, 2.75) is 142 Å². The second-order valence-corrected chi connectivity index (χ2v) is 20.6. The van der Waals surface area contributed by atoms with Gasteiger partial charge in [0.25, 0.3) is 0 Å². The smallest absolute Gasteiger partial charge is 0.408 e. The van der Waals surface area contributed by atoms with E-state index in [1.165, 1.54) is 7.11 Å². The highest BCUT2D eigenvalue weighted by molar-refractivity contribution is 6.07. The lowest BCUT2D eigenvalue weighted by molar-refractivity contribution is -0.142. The molecule has 2 aromatic heterocycles. The molecule has 0 saturated carbocycles. The molecule has 0 radical (unpaired) electrons. The molecule has 16 heteroatoms. The van der Waals surface area contributed by atoms with Gasteiger partial charge < -0.3 is 49.3 Å². The second-order valence-electron chi connectivity index (χ2n) is 20.6. The van der Waals surface area contributed by atoms with Crippen LogP contribution >= 0.6 is 0 Å². The highest BCUT2D eigenvalue weighted by Gasteiger charge is 2.48. The molecule has 3 fully saturated rings. The predicted octanol–water partition coefficient (Wildman–Crippen LogP) is 8.86. The van der Waals surface area contributed by atoms with Crippen molar-refractivity contribution < 1.29 is 38.1 Å². The van der Waals surface area contributed by atoms with E-state index in [1.807, 2.05) is 63.6 Å². The van der Waals surface area contributed by atoms with E-state index in [1.54, 1.807) is 0 Å². The van der Waals surface area contributed by atoms with Gasteiger partial charge in [0, 0.05) is 41.7 Å². The van der Waals surface area contributed by atoms with Gasteiger partial charge in [-0.05, 0) is 125 Å². The Kier molecular flexibility index (Phi) is 12.2. The molecule has 6 atom stereocenters. The van der Waals surface area contributed by atoms with E-state index in [4.69, 9.17) is 28.9 Å². The molecule has 3 saturated heterocycles. The van der Waals surface area contributed by atoms with E-state index in [9.17, 15) is 19.2 Å². The minimum absolute atomic E-state index is 0.0208. The Morgan fingerprint density at radius 1 is 0.851 bits per heavy atom. The maximum Gasteiger partial charge on any atom is 0.408 e. The van der Waals surface area contributed by atoms with E-state index in [-0.39, 0.29) is 41.9 Å². The van der Waals surface area contributed by atoms with E-state index in [0.717, 1.165) is 81.2 Å². The van der Waals surface area contributed by atoms with E-state index in [0.29, 0.717) is 44.3 Å². The third-order valence-corrected chi connectivity index (χ3v) is 14.4. The molecular formula is C51H64N8O8. The number of H-pyrrole nitrogens is 2. The van der Waals surface area contributed by atoms with Gasteiger partial charge in [-0.3, -0.25) is 9.59 Å². The van der Waals surface area contributed by atoms with Crippen molar-refractivity contribution in [3.8, 4) is 28.1 Å². The number of hydrogen-bond acceptors (Lipinski definition) is 10. The van der Waals surface area contributed by atoms with Crippen LogP contribution in [-0.2, 0) is 30.4 Å². The van der Waals surface area contributed by atoms with Crippen molar-refractivity contribution in [1.29, 1.82) is 0 Å². The lowest BCUT2D eigenvalue weighted by Crippen LogP contribution is -2.59. The van der Waals surface area contributed by atoms with Crippen LogP contribution < -0.4 is 15.4 Å². The average molecular weight is 917 g/mol. The Morgan fingerprint density at radius 2 is 1.55 bits per heavy atom. The number of nitrogens with one attached hydrogen (secondary N) is 4. The maximum atomic E-state index is 14.8. The van der Waals surface area contributed by atoms with Crippen LogP contribution in [0.2, 0.25) is 0 Å². The summed E-state index contributed by atoms with van der Waals surface area (Å²) in [5.74, 6) is 1.76. The van der Waals surface area contributed by atoms with Crippen molar-refractivity contribution in [2.24, 2.45) is 11.3 Å². The lowest BCUT2D eigenvalue weighted by Gasteiger charge is -2.43. The molecule has 4 amide bonds. The highest BCUT2D eigenvalue weighted by Crippen LogP contribution is 2.45. The number of methoxy groups -OCH3 is 1. The summed E-state index contributed by atoms with van der Waals surface area (Å²) in [5, 5.41) is 7.69. The van der Waals surface area contributed by atoms with Crippen molar-refractivity contribution in [1.82, 2.24) is 40.4 Å². The summed E-state index contributed by atoms with van der Waals surface area (Å²) in [5.41, 5.74) is 5.33. The van der Waals surface area contributed by atoms with Crippen LogP contribution in [0.4, 0.5) is 9.59 Å². The van der Waals surface area contributed by atoms with Gasteiger partial charge in [-0.2, -0.15) is 0 Å². The highest BCUT2D eigenvalue weighted by atomic mass is 16.6. The molecule has 4 N–H and O–H groups in total. The third kappa shape index (κ3) is 8.80. The Hall–Kier alpha value is -6.16. The summed E-state index contributed by atoms with van der Waals surface area (Å²) in [4.78, 5) is 75.0. The van der Waals surface area contributed by atoms with Crippen molar-refractivity contribution in [3.05, 3.63) is 65.9 Å². The number of rotatable bonds is 9. The fourth-order valence-corrected chi connectivity index (χ4v) is 10.6. The zero-order valence-corrected chi connectivity index (χ0v) is 40.1. The van der Waals surface area contributed by atoms with E-state index in [2.05, 4.69) is 70.8 Å². The van der Waals surface area contributed by atoms with Gasteiger partial charge in [0.1, 0.15) is 41.7 Å². The first-order chi connectivity index (χ1) is 31.9. The molecule has 356 valence electrons. The van der Waals surface area contributed by atoms with E-state index >= 15 is 0 Å². The van der Waals surface area contributed by atoms with Crippen LogP contribution in [-0.4, -0.2) is 104 Å². The van der Waals surface area contributed by atoms with Crippen LogP contribution in [0.3, 0.4) is 0 Å². The molecule has 3 aromatic carbocycles. The van der Waals surface area contributed by atoms with E-state index < -0.39 is 35.3 Å². The molecule has 0 unspecified atom stereocenters. The fourth-order valence-electron chi connectivity index (χ4n) is 10.6. The number of likely N-dealkylation sites (tertiary alicyclic amines) is 2. The van der Waals surface area contributed by atoms with Crippen LogP contribution in [0.5, 0.6) is 5.75 Å². The fraction of sp³-hybridized carbons (Fsp3) is 0.529. The summed E-state index contributed by atoms with van der Waals surface area (Å²) >= 11 is 0. The van der Waals surface area contributed by atoms with Gasteiger partial charge in [-0.15, -0.1) is 0 Å². The average Bonchev–Trinajstić information content (AvgIpc) is 4.11. The molecule has 4 aliphatic rings. The van der Waals surface area contributed by atoms with Crippen LogP contribution in [0, 0.1) is 11.3 Å². The molecule has 0 bridgehead atoms. The first-order valence-corrected chi connectivity index (χ1v) is 23.8. The van der Waals surface area contributed by atoms with Gasteiger partial charge in [0.2, 0.25) is 11.8 Å². The molecule has 67 heavy (non-hydrogen) atoms. The van der Waals surface area contributed by atoms with Gasteiger partial charge in [-0.25, -0.2) is 19.6 Å². The van der Waals surface area contributed by atoms with Crippen LogP contribution in [0.25, 0.3) is 44.2 Å². The summed E-state index contributed by atoms with van der Waals surface area (Å²) in [7, 11) is 1.29. The quantitative estimate of drug-likeness (QED) is 0.111. The minimum Gasteiger partial charge on any atom is -0.488 e. The standard InChI is InChI=1S/C51H64N8O8/c1-27(2)41(56-48(62)64-9)46(60)58-28(3)10-16-38(58)44-52-25-37(54-44)31-12-14-33-32(22-31)26-66-40-24-34-30(23-35(33)40)13-15-36-42(34)55-45(53-36)39-17-11-29(4)59(39)47(61)43(51(8)18-20-65-21-19-51)57-49(63)67-50(5,6)7/h12-15,22-25,27-29,38-39,41,43H,10-11,16-21,26H2,1-9H3,(H,52,54)(H,53,55)(H,56,62)(H,57,63)/t28-,29-,38-,39-,41-,43+/m0/s1. The van der Waals surface area contributed by atoms with Gasteiger partial charge in [-0.1, -0.05) is 39.0 Å². The van der Waals surface area contributed by atoms with Crippen LogP contribution in [0.15, 0.2) is 48.7 Å². The number of imidazole rings is 2. The Morgan fingerprint density at radius 3 is 2.24 bits per heavy atom. The molecule has 9 rings (SSSR count). The van der Waals surface area contributed by atoms with Crippen molar-refractivity contribution in [2.75, 3.05) is 20.3 Å². The predicted molar refractivity (Wildman–Crippen MR) is 253 cm³/mol.